The van der Waals surface area contributed by atoms with Crippen molar-refractivity contribution in [3.63, 3.8) is 0 Å². The molecule has 20 heavy (non-hydrogen) atoms. The van der Waals surface area contributed by atoms with Gasteiger partial charge in [0.05, 0.1) is 11.5 Å². The molecule has 1 aromatic rings. The van der Waals surface area contributed by atoms with Gasteiger partial charge in [0, 0.05) is 28.7 Å². The number of nitrogens with one attached hydrogen (secondary N) is 1. The lowest BCUT2D eigenvalue weighted by Crippen LogP contribution is -2.49. The normalized spacial score (nSPS) is 17.9. The molecule has 5 nitrogen and oxygen atoms in total. The molecule has 1 saturated carbocycles. The number of aliphatic hydroxyl groups is 1. The van der Waals surface area contributed by atoms with Gasteiger partial charge < -0.3 is 10.4 Å². The summed E-state index contributed by atoms with van der Waals surface area (Å²) in [5.74, 6) is 0. The molecule has 1 aliphatic carbocycles. The van der Waals surface area contributed by atoms with Gasteiger partial charge in [-0.2, -0.15) is 0 Å². The molecule has 0 bridgehead atoms. The largest absolute Gasteiger partial charge is 0.394 e. The van der Waals surface area contributed by atoms with Crippen LogP contribution >= 0.6 is 15.9 Å². The molecule has 2 rings (SSSR count). The van der Waals surface area contributed by atoms with E-state index in [2.05, 4.69) is 21.2 Å². The van der Waals surface area contributed by atoms with Crippen molar-refractivity contribution in [3.05, 3.63) is 38.3 Å². The van der Waals surface area contributed by atoms with Crippen molar-refractivity contribution >= 4 is 21.6 Å². The topological polar surface area (TPSA) is 75.4 Å². The molecule has 0 radical (unpaired) electrons. The van der Waals surface area contributed by atoms with Crippen molar-refractivity contribution < 1.29 is 10.0 Å². The number of hydrogen-bond donors (Lipinski definition) is 2. The molecule has 0 aromatic heterocycles. The van der Waals surface area contributed by atoms with E-state index in [-0.39, 0.29) is 17.8 Å². The number of hydrogen-bond acceptors (Lipinski definition) is 4. The summed E-state index contributed by atoms with van der Waals surface area (Å²) in [6.45, 7) is 0.643. The van der Waals surface area contributed by atoms with Crippen LogP contribution in [0.3, 0.4) is 0 Å². The van der Waals surface area contributed by atoms with E-state index in [1.807, 2.05) is 6.07 Å². The molecule has 0 atom stereocenters. The van der Waals surface area contributed by atoms with Gasteiger partial charge in [-0.05, 0) is 24.5 Å². The molecule has 0 heterocycles. The van der Waals surface area contributed by atoms with E-state index in [4.69, 9.17) is 0 Å². The lowest BCUT2D eigenvalue weighted by Gasteiger charge is -2.36. The highest BCUT2D eigenvalue weighted by atomic mass is 79.9. The molecule has 1 aliphatic rings. The highest BCUT2D eigenvalue weighted by Crippen LogP contribution is 2.29. The Bertz CT molecular complexity index is 487. The zero-order valence-corrected chi connectivity index (χ0v) is 12.9. The first kappa shape index (κ1) is 15.4. The fraction of sp³-hybridized carbons (Fsp3) is 0.571. The highest BCUT2D eigenvalue weighted by molar-refractivity contribution is 9.10. The fourth-order valence-electron chi connectivity index (χ4n) is 2.75. The van der Waals surface area contributed by atoms with Crippen molar-refractivity contribution in [2.45, 2.75) is 44.2 Å². The summed E-state index contributed by atoms with van der Waals surface area (Å²) >= 11 is 3.30. The third-order valence-electron chi connectivity index (χ3n) is 3.93. The van der Waals surface area contributed by atoms with Gasteiger partial charge in [-0.3, -0.25) is 10.1 Å². The molecular weight excluding hydrogens is 324 g/mol. The number of halogens is 1. The van der Waals surface area contributed by atoms with E-state index in [1.165, 1.54) is 12.5 Å². The molecule has 0 unspecified atom stereocenters. The summed E-state index contributed by atoms with van der Waals surface area (Å²) in [7, 11) is 0. The van der Waals surface area contributed by atoms with Gasteiger partial charge in [0.1, 0.15) is 0 Å². The Balaban J connectivity index is 2.07. The maximum atomic E-state index is 10.9. The lowest BCUT2D eigenvalue weighted by atomic mass is 9.82. The Hall–Kier alpha value is -0.980. The van der Waals surface area contributed by atoms with Crippen LogP contribution in [0.4, 0.5) is 5.69 Å². The van der Waals surface area contributed by atoms with E-state index >= 15 is 0 Å². The summed E-state index contributed by atoms with van der Waals surface area (Å²) in [6, 6.07) is 4.94. The van der Waals surface area contributed by atoms with Crippen molar-refractivity contribution in [2.24, 2.45) is 0 Å². The standard InChI is InChI=1S/C14H19BrN2O3/c15-12-6-11(7-13(8-12)17(19)20)9-16-14(10-18)4-2-1-3-5-14/h6-8,16,18H,1-5,9-10H2. The maximum Gasteiger partial charge on any atom is 0.270 e. The third-order valence-corrected chi connectivity index (χ3v) is 4.39. The predicted molar refractivity (Wildman–Crippen MR) is 80.5 cm³/mol. The Labute approximate surface area is 126 Å². The van der Waals surface area contributed by atoms with Crippen LogP contribution in [0.1, 0.15) is 37.7 Å². The van der Waals surface area contributed by atoms with Crippen LogP contribution in [0.25, 0.3) is 0 Å². The van der Waals surface area contributed by atoms with Crippen molar-refractivity contribution in [1.82, 2.24) is 5.32 Å². The molecule has 0 aliphatic heterocycles. The summed E-state index contributed by atoms with van der Waals surface area (Å²) in [5, 5.41) is 23.9. The van der Waals surface area contributed by atoms with E-state index in [0.29, 0.717) is 11.0 Å². The second kappa shape index (κ2) is 6.65. The Morgan fingerprint density at radius 1 is 1.30 bits per heavy atom. The first-order valence-corrected chi connectivity index (χ1v) is 7.64. The Kier molecular flexibility index (Phi) is 5.12. The van der Waals surface area contributed by atoms with E-state index in [1.54, 1.807) is 6.07 Å². The van der Waals surface area contributed by atoms with Crippen molar-refractivity contribution in [1.29, 1.82) is 0 Å². The summed E-state index contributed by atoms with van der Waals surface area (Å²) in [5.41, 5.74) is 0.706. The summed E-state index contributed by atoms with van der Waals surface area (Å²) in [4.78, 5) is 10.5. The quantitative estimate of drug-likeness (QED) is 0.636. The van der Waals surface area contributed by atoms with E-state index in [9.17, 15) is 15.2 Å². The monoisotopic (exact) mass is 342 g/mol. The van der Waals surface area contributed by atoms with Gasteiger partial charge in [0.2, 0.25) is 0 Å². The fourth-order valence-corrected chi connectivity index (χ4v) is 3.28. The number of nitro groups is 1. The van der Waals surface area contributed by atoms with Crippen LogP contribution in [-0.4, -0.2) is 22.2 Å². The van der Waals surface area contributed by atoms with Crippen molar-refractivity contribution in [3.8, 4) is 0 Å². The van der Waals surface area contributed by atoms with Crippen LogP contribution in [0.5, 0.6) is 0 Å². The second-order valence-electron chi connectivity index (χ2n) is 5.43. The number of non-ortho nitro benzene ring substituents is 1. The van der Waals surface area contributed by atoms with Crippen LogP contribution in [0, 0.1) is 10.1 Å². The van der Waals surface area contributed by atoms with Crippen LogP contribution in [0.2, 0.25) is 0 Å². The van der Waals surface area contributed by atoms with Gasteiger partial charge in [-0.15, -0.1) is 0 Å². The van der Waals surface area contributed by atoms with Gasteiger partial charge in [-0.1, -0.05) is 35.2 Å². The summed E-state index contributed by atoms with van der Waals surface area (Å²) in [6.07, 6.45) is 5.36. The number of benzene rings is 1. The van der Waals surface area contributed by atoms with E-state index in [0.717, 1.165) is 31.2 Å². The summed E-state index contributed by atoms with van der Waals surface area (Å²) < 4.78 is 0.699. The molecule has 0 spiro atoms. The molecule has 6 heteroatoms. The SMILES string of the molecule is O=[N+]([O-])c1cc(Br)cc(CNC2(CO)CCCCC2)c1. The van der Waals surface area contributed by atoms with Crippen LogP contribution < -0.4 is 5.32 Å². The van der Waals surface area contributed by atoms with Gasteiger partial charge in [-0.25, -0.2) is 0 Å². The van der Waals surface area contributed by atoms with Crippen LogP contribution in [0.15, 0.2) is 22.7 Å². The first-order chi connectivity index (χ1) is 9.54. The minimum Gasteiger partial charge on any atom is -0.394 e. The smallest absolute Gasteiger partial charge is 0.270 e. The minimum absolute atomic E-state index is 0.0814. The number of nitrogens with zero attached hydrogens (tertiary/aromatic N) is 1. The Morgan fingerprint density at radius 2 is 2.00 bits per heavy atom. The lowest BCUT2D eigenvalue weighted by molar-refractivity contribution is -0.385. The molecule has 1 aromatic carbocycles. The minimum atomic E-state index is -0.392. The maximum absolute atomic E-state index is 10.9. The Morgan fingerprint density at radius 3 is 2.60 bits per heavy atom. The molecule has 0 amide bonds. The first-order valence-electron chi connectivity index (χ1n) is 6.84. The molecule has 0 saturated heterocycles. The number of rotatable bonds is 5. The highest BCUT2D eigenvalue weighted by Gasteiger charge is 2.30. The zero-order valence-electron chi connectivity index (χ0n) is 11.3. The zero-order chi connectivity index (χ0) is 14.6. The molecule has 1 fully saturated rings. The van der Waals surface area contributed by atoms with Gasteiger partial charge in [0.15, 0.2) is 0 Å². The van der Waals surface area contributed by atoms with Gasteiger partial charge >= 0.3 is 0 Å². The molecule has 2 N–H and O–H groups in total. The average Bonchev–Trinajstić information content (AvgIpc) is 2.45. The molecular formula is C14H19BrN2O3. The molecule has 110 valence electrons. The third kappa shape index (κ3) is 3.77. The van der Waals surface area contributed by atoms with Gasteiger partial charge in [0.25, 0.3) is 5.69 Å². The number of aliphatic hydroxyl groups excluding tert-OH is 1. The number of nitro benzene ring substituents is 1. The van der Waals surface area contributed by atoms with Crippen LogP contribution in [-0.2, 0) is 6.54 Å². The average molecular weight is 343 g/mol. The van der Waals surface area contributed by atoms with Crippen molar-refractivity contribution in [2.75, 3.05) is 6.61 Å². The predicted octanol–water partition coefficient (Wildman–Crippen LogP) is 3.14. The second-order valence-corrected chi connectivity index (χ2v) is 6.34. The van der Waals surface area contributed by atoms with E-state index < -0.39 is 4.92 Å².